The number of carbonyl (C=O) groups is 1. The highest BCUT2D eigenvalue weighted by atomic mass is 16.1. The Morgan fingerprint density at radius 3 is 2.75 bits per heavy atom. The number of carbonyl (C=O) groups excluding carboxylic acids is 1. The molecule has 1 amide bonds. The van der Waals surface area contributed by atoms with E-state index in [1.807, 2.05) is 25.1 Å². The third-order valence-electron chi connectivity index (χ3n) is 3.27. The van der Waals surface area contributed by atoms with Gasteiger partial charge in [-0.05, 0) is 31.2 Å². The summed E-state index contributed by atoms with van der Waals surface area (Å²) >= 11 is 0. The van der Waals surface area contributed by atoms with Crippen LogP contribution >= 0.6 is 0 Å². The zero-order valence-corrected chi connectivity index (χ0v) is 13.3. The van der Waals surface area contributed by atoms with Crippen LogP contribution in [0.15, 0.2) is 49.1 Å². The number of nitrogens with one attached hydrogen (secondary N) is 2. The minimum absolute atomic E-state index is 0.151. The Kier molecular flexibility index (Phi) is 4.42. The van der Waals surface area contributed by atoms with Crippen LogP contribution in [-0.2, 0) is 4.79 Å². The van der Waals surface area contributed by atoms with Gasteiger partial charge in [0.25, 0.3) is 0 Å². The maximum Gasteiger partial charge on any atom is 0.227 e. The molecule has 24 heavy (non-hydrogen) atoms. The fourth-order valence-electron chi connectivity index (χ4n) is 2.15. The number of hydrogen-bond donors (Lipinski definition) is 2. The van der Waals surface area contributed by atoms with E-state index in [2.05, 4.69) is 30.6 Å². The van der Waals surface area contributed by atoms with Gasteiger partial charge in [0, 0.05) is 31.1 Å². The van der Waals surface area contributed by atoms with Gasteiger partial charge in [-0.1, -0.05) is 0 Å². The van der Waals surface area contributed by atoms with E-state index in [4.69, 9.17) is 0 Å². The van der Waals surface area contributed by atoms with E-state index < -0.39 is 0 Å². The first-order valence-electron chi connectivity index (χ1n) is 7.36. The van der Waals surface area contributed by atoms with Crippen LogP contribution in [0.25, 0.3) is 11.3 Å². The van der Waals surface area contributed by atoms with Gasteiger partial charge in [-0.25, -0.2) is 9.97 Å². The molecular formula is C17H16N6O. The molecule has 0 aliphatic carbocycles. The average Bonchev–Trinajstić information content (AvgIpc) is 2.58. The van der Waals surface area contributed by atoms with E-state index in [9.17, 15) is 4.79 Å². The second-order valence-corrected chi connectivity index (χ2v) is 5.17. The quantitative estimate of drug-likeness (QED) is 0.768. The summed E-state index contributed by atoms with van der Waals surface area (Å²) in [6.07, 6.45) is 6.75. The minimum atomic E-state index is -0.151. The lowest BCUT2D eigenvalue weighted by molar-refractivity contribution is -0.114. The van der Waals surface area contributed by atoms with Crippen molar-refractivity contribution in [2.24, 2.45) is 0 Å². The Hall–Kier alpha value is -3.35. The van der Waals surface area contributed by atoms with Crippen molar-refractivity contribution < 1.29 is 4.79 Å². The van der Waals surface area contributed by atoms with Crippen LogP contribution in [0.4, 0.5) is 17.3 Å². The van der Waals surface area contributed by atoms with E-state index >= 15 is 0 Å². The zero-order valence-electron chi connectivity index (χ0n) is 13.3. The molecule has 2 N–H and O–H groups in total. The Morgan fingerprint density at radius 1 is 1.12 bits per heavy atom. The molecule has 3 rings (SSSR count). The van der Waals surface area contributed by atoms with E-state index in [1.54, 1.807) is 30.9 Å². The molecule has 0 spiro atoms. The van der Waals surface area contributed by atoms with Gasteiger partial charge in [-0.2, -0.15) is 0 Å². The van der Waals surface area contributed by atoms with E-state index in [0.29, 0.717) is 11.6 Å². The Morgan fingerprint density at radius 2 is 2.00 bits per heavy atom. The van der Waals surface area contributed by atoms with Gasteiger partial charge in [0.2, 0.25) is 11.9 Å². The van der Waals surface area contributed by atoms with Crippen LogP contribution in [0.2, 0.25) is 0 Å². The third kappa shape index (κ3) is 3.70. The number of aromatic nitrogens is 4. The summed E-state index contributed by atoms with van der Waals surface area (Å²) < 4.78 is 0. The van der Waals surface area contributed by atoms with Crippen molar-refractivity contribution in [1.29, 1.82) is 0 Å². The third-order valence-corrected chi connectivity index (χ3v) is 3.27. The van der Waals surface area contributed by atoms with Crippen LogP contribution < -0.4 is 10.6 Å². The molecule has 3 aromatic heterocycles. The fraction of sp³-hybridized carbons (Fsp3) is 0.118. The lowest BCUT2D eigenvalue weighted by Crippen LogP contribution is -2.07. The van der Waals surface area contributed by atoms with Crippen molar-refractivity contribution >= 4 is 23.2 Å². The van der Waals surface area contributed by atoms with Crippen molar-refractivity contribution in [3.05, 3.63) is 54.7 Å². The van der Waals surface area contributed by atoms with Gasteiger partial charge in [0.1, 0.15) is 0 Å². The second-order valence-electron chi connectivity index (χ2n) is 5.17. The zero-order chi connectivity index (χ0) is 16.9. The van der Waals surface area contributed by atoms with Crippen LogP contribution in [-0.4, -0.2) is 25.8 Å². The molecule has 0 radical (unpaired) electrons. The summed E-state index contributed by atoms with van der Waals surface area (Å²) in [5, 5.41) is 5.84. The first-order chi connectivity index (χ1) is 11.6. The minimum Gasteiger partial charge on any atom is -0.325 e. The Bertz CT molecular complexity index is 866. The summed E-state index contributed by atoms with van der Waals surface area (Å²) in [6.45, 7) is 3.32. The summed E-state index contributed by atoms with van der Waals surface area (Å²) in [5.41, 5.74) is 3.79. The highest BCUT2D eigenvalue weighted by Gasteiger charge is 2.07. The number of pyridine rings is 2. The molecule has 0 saturated carbocycles. The topological polar surface area (TPSA) is 92.7 Å². The highest BCUT2D eigenvalue weighted by molar-refractivity contribution is 5.89. The number of hydrogen-bond acceptors (Lipinski definition) is 6. The maximum absolute atomic E-state index is 11.2. The predicted octanol–water partition coefficient (Wildman–Crippen LogP) is 2.94. The number of amides is 1. The predicted molar refractivity (Wildman–Crippen MR) is 91.8 cm³/mol. The molecule has 7 heteroatoms. The van der Waals surface area contributed by atoms with Gasteiger partial charge < -0.3 is 10.6 Å². The molecule has 0 saturated heterocycles. The molecule has 0 aliphatic rings. The van der Waals surface area contributed by atoms with Crippen LogP contribution in [0.5, 0.6) is 0 Å². The fourth-order valence-corrected chi connectivity index (χ4v) is 2.15. The number of aryl methyl sites for hydroxylation is 1. The normalized spacial score (nSPS) is 10.2. The second kappa shape index (κ2) is 6.82. The van der Waals surface area contributed by atoms with E-state index in [0.717, 1.165) is 22.6 Å². The Labute approximate surface area is 139 Å². The Balaban J connectivity index is 1.88. The van der Waals surface area contributed by atoms with Gasteiger partial charge in [-0.3, -0.25) is 14.8 Å². The van der Waals surface area contributed by atoms with Gasteiger partial charge in [-0.15, -0.1) is 0 Å². The SMILES string of the molecule is CC(=O)Nc1cnc(C)c(Nc2nccc(-c3cccnc3)n2)c1. The molecule has 7 nitrogen and oxygen atoms in total. The lowest BCUT2D eigenvalue weighted by Gasteiger charge is -2.10. The molecule has 3 aromatic rings. The van der Waals surface area contributed by atoms with Gasteiger partial charge in [0.15, 0.2) is 0 Å². The van der Waals surface area contributed by atoms with E-state index in [1.165, 1.54) is 6.92 Å². The molecule has 3 heterocycles. The van der Waals surface area contributed by atoms with E-state index in [-0.39, 0.29) is 5.91 Å². The van der Waals surface area contributed by atoms with Crippen LogP contribution in [0, 0.1) is 6.92 Å². The first-order valence-corrected chi connectivity index (χ1v) is 7.36. The molecule has 0 atom stereocenters. The molecule has 0 fully saturated rings. The number of anilines is 3. The van der Waals surface area contributed by atoms with Crippen molar-refractivity contribution in [3.8, 4) is 11.3 Å². The highest BCUT2D eigenvalue weighted by Crippen LogP contribution is 2.22. The smallest absolute Gasteiger partial charge is 0.227 e. The van der Waals surface area contributed by atoms with Crippen molar-refractivity contribution in [3.63, 3.8) is 0 Å². The summed E-state index contributed by atoms with van der Waals surface area (Å²) in [7, 11) is 0. The largest absolute Gasteiger partial charge is 0.325 e. The summed E-state index contributed by atoms with van der Waals surface area (Å²) in [4.78, 5) is 28.3. The van der Waals surface area contributed by atoms with Gasteiger partial charge >= 0.3 is 0 Å². The molecule has 0 bridgehead atoms. The van der Waals surface area contributed by atoms with Crippen LogP contribution in [0.1, 0.15) is 12.6 Å². The first kappa shape index (κ1) is 15.5. The average molecular weight is 320 g/mol. The van der Waals surface area contributed by atoms with Crippen molar-refractivity contribution in [2.45, 2.75) is 13.8 Å². The van der Waals surface area contributed by atoms with Crippen molar-refractivity contribution in [2.75, 3.05) is 10.6 Å². The summed E-state index contributed by atoms with van der Waals surface area (Å²) in [6, 6.07) is 7.41. The molecule has 0 aliphatic heterocycles. The molecular weight excluding hydrogens is 304 g/mol. The molecule has 0 aromatic carbocycles. The maximum atomic E-state index is 11.2. The number of nitrogens with zero attached hydrogens (tertiary/aromatic N) is 4. The molecule has 120 valence electrons. The molecule has 0 unspecified atom stereocenters. The standard InChI is InChI=1S/C17H16N6O/c1-11-16(8-14(10-20-11)21-12(2)24)23-17-19-7-5-15(22-17)13-4-3-6-18-9-13/h3-10H,1-2H3,(H,21,24)(H,19,22,23). The number of rotatable bonds is 4. The monoisotopic (exact) mass is 320 g/mol. The van der Waals surface area contributed by atoms with Gasteiger partial charge in [0.05, 0.1) is 29.0 Å². The summed E-state index contributed by atoms with van der Waals surface area (Å²) in [5.74, 6) is 0.294. The lowest BCUT2D eigenvalue weighted by atomic mass is 10.2. The van der Waals surface area contributed by atoms with Crippen LogP contribution in [0.3, 0.4) is 0 Å². The van der Waals surface area contributed by atoms with Crippen molar-refractivity contribution in [1.82, 2.24) is 19.9 Å².